The van der Waals surface area contributed by atoms with Gasteiger partial charge in [-0.3, -0.25) is 9.78 Å². The molecule has 4 heteroatoms. The number of carbonyl (C=O) groups excluding carboxylic acids is 1. The highest BCUT2D eigenvalue weighted by Gasteiger charge is 2.11. The minimum absolute atomic E-state index is 0.0324. The molecule has 0 fully saturated rings. The van der Waals surface area contributed by atoms with Crippen LogP contribution in [0.1, 0.15) is 21.5 Å². The molecule has 1 N–H and O–H groups in total. The summed E-state index contributed by atoms with van der Waals surface area (Å²) in [5.41, 5.74) is 2.08. The fraction of sp³-hybridized carbons (Fsp3) is 0.0667. The average molecular weight is 318 g/mol. The van der Waals surface area contributed by atoms with Crippen molar-refractivity contribution in [2.24, 2.45) is 0 Å². The van der Waals surface area contributed by atoms with Gasteiger partial charge in [0.1, 0.15) is 5.75 Å². The van der Waals surface area contributed by atoms with Gasteiger partial charge in [0.05, 0.1) is 10.0 Å². The number of benzene rings is 1. The van der Waals surface area contributed by atoms with Gasteiger partial charge in [0.25, 0.3) is 0 Å². The number of hydrogen-bond donors (Lipinski definition) is 1. The number of ketones is 1. The first-order chi connectivity index (χ1) is 9.08. The quantitative estimate of drug-likeness (QED) is 0.692. The van der Waals surface area contributed by atoms with Gasteiger partial charge in [0.2, 0.25) is 0 Å². The van der Waals surface area contributed by atoms with E-state index in [9.17, 15) is 9.90 Å². The Kier molecular flexibility index (Phi) is 4.12. The second kappa shape index (κ2) is 5.80. The van der Waals surface area contributed by atoms with Crippen molar-refractivity contribution in [3.63, 3.8) is 0 Å². The molecule has 1 aromatic carbocycles. The molecule has 0 saturated heterocycles. The third kappa shape index (κ3) is 3.29. The Labute approximate surface area is 119 Å². The van der Waals surface area contributed by atoms with Crippen molar-refractivity contribution in [3.8, 4) is 5.75 Å². The second-order valence-electron chi connectivity index (χ2n) is 4.12. The van der Waals surface area contributed by atoms with Crippen molar-refractivity contribution in [1.29, 1.82) is 0 Å². The molecule has 0 unspecified atom stereocenters. The lowest BCUT2D eigenvalue weighted by Gasteiger charge is -2.04. The summed E-state index contributed by atoms with van der Waals surface area (Å²) in [5.74, 6) is -0.270. The molecule has 1 heterocycles. The maximum absolute atomic E-state index is 12.1. The number of rotatable bonds is 3. The minimum atomic E-state index is -0.237. The Balaban J connectivity index is 2.28. The van der Waals surface area contributed by atoms with Crippen molar-refractivity contribution < 1.29 is 9.90 Å². The summed E-state index contributed by atoms with van der Waals surface area (Å²) in [6, 6.07) is 7.03. The van der Waals surface area contributed by atoms with Crippen LogP contribution in [0.5, 0.6) is 5.75 Å². The Hall–Kier alpha value is -1.94. The first-order valence-corrected chi connectivity index (χ1v) is 6.49. The number of allylic oxidation sites excluding steroid dienone is 1. The Morgan fingerprint density at radius 1 is 1.32 bits per heavy atom. The van der Waals surface area contributed by atoms with Crippen LogP contribution < -0.4 is 0 Å². The molecule has 0 amide bonds. The highest BCUT2D eigenvalue weighted by Crippen LogP contribution is 2.29. The minimum Gasteiger partial charge on any atom is -0.506 e. The monoisotopic (exact) mass is 317 g/mol. The van der Waals surface area contributed by atoms with Gasteiger partial charge < -0.3 is 5.11 Å². The highest BCUT2D eigenvalue weighted by molar-refractivity contribution is 9.10. The zero-order valence-corrected chi connectivity index (χ0v) is 11.9. The molecule has 2 rings (SSSR count). The summed E-state index contributed by atoms with van der Waals surface area (Å²) in [4.78, 5) is 16.0. The number of phenols is 1. The largest absolute Gasteiger partial charge is 0.506 e. The number of carbonyl (C=O) groups is 1. The highest BCUT2D eigenvalue weighted by atomic mass is 79.9. The summed E-state index contributed by atoms with van der Waals surface area (Å²) in [6.45, 7) is 1.87. The van der Waals surface area contributed by atoms with E-state index < -0.39 is 0 Å². The molecule has 1 aromatic heterocycles. The van der Waals surface area contributed by atoms with Crippen molar-refractivity contribution in [3.05, 3.63) is 63.9 Å². The van der Waals surface area contributed by atoms with Gasteiger partial charge in [-0.05, 0) is 64.3 Å². The lowest BCUT2D eigenvalue weighted by Crippen LogP contribution is -1.96. The van der Waals surface area contributed by atoms with E-state index in [4.69, 9.17) is 0 Å². The molecule has 0 bridgehead atoms. The van der Waals surface area contributed by atoms with Crippen molar-refractivity contribution in [1.82, 2.24) is 4.98 Å². The van der Waals surface area contributed by atoms with Gasteiger partial charge in [-0.1, -0.05) is 6.08 Å². The molecule has 0 aliphatic rings. The van der Waals surface area contributed by atoms with Crippen LogP contribution in [0.15, 0.2) is 47.2 Å². The molecule has 3 nitrogen and oxygen atoms in total. The molecule has 19 heavy (non-hydrogen) atoms. The zero-order valence-electron chi connectivity index (χ0n) is 10.3. The first kappa shape index (κ1) is 13.5. The van der Waals surface area contributed by atoms with Gasteiger partial charge in [0, 0.05) is 12.4 Å². The summed E-state index contributed by atoms with van der Waals surface area (Å²) in [7, 11) is 0. The van der Waals surface area contributed by atoms with Crippen LogP contribution in [-0.4, -0.2) is 15.9 Å². The SMILES string of the molecule is Cc1cc(Br)c(O)c(C(=O)/C=C/c2ccncc2)c1. The van der Waals surface area contributed by atoms with E-state index in [1.807, 2.05) is 6.92 Å². The molecule has 0 aliphatic carbocycles. The number of nitrogens with zero attached hydrogens (tertiary/aromatic N) is 1. The van der Waals surface area contributed by atoms with E-state index in [1.54, 1.807) is 42.7 Å². The summed E-state index contributed by atoms with van der Waals surface area (Å²) in [6.07, 6.45) is 6.45. The molecule has 0 spiro atoms. The lowest BCUT2D eigenvalue weighted by atomic mass is 10.1. The van der Waals surface area contributed by atoms with Gasteiger partial charge >= 0.3 is 0 Å². The number of aromatic nitrogens is 1. The topological polar surface area (TPSA) is 50.2 Å². The fourth-order valence-corrected chi connectivity index (χ4v) is 2.23. The van der Waals surface area contributed by atoms with Gasteiger partial charge in [-0.25, -0.2) is 0 Å². The van der Waals surface area contributed by atoms with E-state index in [0.717, 1.165) is 11.1 Å². The number of phenolic OH excluding ortho intramolecular Hbond substituents is 1. The molecular weight excluding hydrogens is 306 g/mol. The number of pyridine rings is 1. The third-order valence-electron chi connectivity index (χ3n) is 2.61. The Morgan fingerprint density at radius 2 is 2.00 bits per heavy atom. The van der Waals surface area contributed by atoms with E-state index in [0.29, 0.717) is 4.47 Å². The van der Waals surface area contributed by atoms with Crippen LogP contribution in [0.4, 0.5) is 0 Å². The van der Waals surface area contributed by atoms with Crippen LogP contribution in [0.2, 0.25) is 0 Å². The van der Waals surface area contributed by atoms with Crippen LogP contribution in [0.3, 0.4) is 0 Å². The van der Waals surface area contributed by atoms with E-state index >= 15 is 0 Å². The number of aromatic hydroxyl groups is 1. The van der Waals surface area contributed by atoms with Crippen LogP contribution in [-0.2, 0) is 0 Å². The molecule has 0 aliphatic heterocycles. The first-order valence-electron chi connectivity index (χ1n) is 5.69. The molecule has 0 radical (unpaired) electrons. The zero-order chi connectivity index (χ0) is 13.8. The molecule has 96 valence electrons. The maximum atomic E-state index is 12.1. The maximum Gasteiger partial charge on any atom is 0.189 e. The summed E-state index contributed by atoms with van der Waals surface area (Å²) in [5, 5.41) is 9.88. The number of halogens is 1. The lowest BCUT2D eigenvalue weighted by molar-refractivity contribution is 0.104. The van der Waals surface area contributed by atoms with Crippen LogP contribution in [0, 0.1) is 6.92 Å². The smallest absolute Gasteiger partial charge is 0.189 e. The Morgan fingerprint density at radius 3 is 2.68 bits per heavy atom. The molecule has 0 saturated carbocycles. The average Bonchev–Trinajstić information content (AvgIpc) is 2.41. The summed E-state index contributed by atoms with van der Waals surface area (Å²) >= 11 is 3.23. The predicted molar refractivity (Wildman–Crippen MR) is 78.1 cm³/mol. The molecule has 2 aromatic rings. The normalized spacial score (nSPS) is 10.8. The predicted octanol–water partition coefficient (Wildman–Crippen LogP) is 3.75. The number of aryl methyl sites for hydroxylation is 1. The van der Waals surface area contributed by atoms with E-state index in [2.05, 4.69) is 20.9 Å². The molecular formula is C15H12BrNO2. The van der Waals surface area contributed by atoms with Crippen LogP contribution in [0.25, 0.3) is 6.08 Å². The molecule has 0 atom stereocenters. The number of hydrogen-bond acceptors (Lipinski definition) is 3. The van der Waals surface area contributed by atoms with Gasteiger partial charge in [-0.15, -0.1) is 0 Å². The fourth-order valence-electron chi connectivity index (χ4n) is 1.66. The van der Waals surface area contributed by atoms with Crippen molar-refractivity contribution >= 4 is 27.8 Å². The van der Waals surface area contributed by atoms with Crippen LogP contribution >= 0.6 is 15.9 Å². The Bertz CT molecular complexity index is 636. The van der Waals surface area contributed by atoms with Gasteiger partial charge in [0.15, 0.2) is 5.78 Å². The third-order valence-corrected chi connectivity index (χ3v) is 3.21. The van der Waals surface area contributed by atoms with Crippen molar-refractivity contribution in [2.45, 2.75) is 6.92 Å². The summed E-state index contributed by atoms with van der Waals surface area (Å²) < 4.78 is 0.521. The van der Waals surface area contributed by atoms with E-state index in [-0.39, 0.29) is 17.1 Å². The van der Waals surface area contributed by atoms with Crippen molar-refractivity contribution in [2.75, 3.05) is 0 Å². The standard InChI is InChI=1S/C15H12BrNO2/c1-10-8-12(15(19)13(16)9-10)14(18)3-2-11-4-6-17-7-5-11/h2-9,19H,1H3/b3-2+. The van der Waals surface area contributed by atoms with Gasteiger partial charge in [-0.2, -0.15) is 0 Å². The van der Waals surface area contributed by atoms with E-state index in [1.165, 1.54) is 6.08 Å². The second-order valence-corrected chi connectivity index (χ2v) is 4.98.